The number of thiazole rings is 1. The van der Waals surface area contributed by atoms with Gasteiger partial charge in [0.05, 0.1) is 18.7 Å². The Hall–Kier alpha value is -3.33. The zero-order chi connectivity index (χ0) is 21.5. The maximum absolute atomic E-state index is 12.3. The van der Waals surface area contributed by atoms with Gasteiger partial charge in [0, 0.05) is 10.4 Å². The molecule has 6 nitrogen and oxygen atoms in total. The number of hydrogen-bond acceptors (Lipinski definition) is 5. The second kappa shape index (κ2) is 9.93. The molecule has 0 unspecified atom stereocenters. The first-order chi connectivity index (χ1) is 14.4. The average molecular weight is 431 g/mol. The second-order valence-corrected chi connectivity index (χ2v) is 7.52. The number of rotatable bonds is 8. The number of nitrogens with zero attached hydrogens (tertiary/aromatic N) is 1. The lowest BCUT2D eigenvalue weighted by Crippen LogP contribution is -2.33. The Bertz CT molecular complexity index is 1010. The van der Waals surface area contributed by atoms with E-state index in [0.717, 1.165) is 10.4 Å². The van der Waals surface area contributed by atoms with Gasteiger partial charge in [0.25, 0.3) is 0 Å². The molecule has 1 aromatic heterocycles. The lowest BCUT2D eigenvalue weighted by Gasteiger charge is -2.05. The van der Waals surface area contributed by atoms with Crippen LogP contribution in [0.5, 0.6) is 5.75 Å². The van der Waals surface area contributed by atoms with Crippen LogP contribution in [0.1, 0.15) is 10.4 Å². The number of carbonyl (C=O) groups is 2. The summed E-state index contributed by atoms with van der Waals surface area (Å²) >= 11 is 1.28. The summed E-state index contributed by atoms with van der Waals surface area (Å²) in [6.45, 7) is -1.21. The number of halogens is 2. The minimum absolute atomic E-state index is 0.0569. The molecule has 1 heterocycles. The van der Waals surface area contributed by atoms with Gasteiger partial charge in [-0.1, -0.05) is 30.3 Å². The number of carbonyl (C=O) groups excluding carboxylic acids is 2. The number of hydrogen-bond donors (Lipinski definition) is 2. The van der Waals surface area contributed by atoms with E-state index in [0.29, 0.717) is 16.4 Å². The molecule has 0 fully saturated rings. The van der Waals surface area contributed by atoms with Crippen molar-refractivity contribution in [2.75, 3.05) is 11.9 Å². The van der Waals surface area contributed by atoms with Crippen LogP contribution >= 0.6 is 11.3 Å². The molecule has 0 aliphatic rings. The largest absolute Gasteiger partial charge is 0.435 e. The Morgan fingerprint density at radius 3 is 2.43 bits per heavy atom. The Morgan fingerprint density at radius 1 is 1.07 bits per heavy atom. The summed E-state index contributed by atoms with van der Waals surface area (Å²) in [7, 11) is 0. The number of aryl methyl sites for hydroxylation is 1. The van der Waals surface area contributed by atoms with E-state index in [9.17, 15) is 18.4 Å². The molecule has 0 spiro atoms. The normalized spacial score (nSPS) is 10.7. The fourth-order valence-corrected chi connectivity index (χ4v) is 3.55. The number of nitrogens with one attached hydrogen (secondary N) is 2. The van der Waals surface area contributed by atoms with Gasteiger partial charge in [-0.3, -0.25) is 9.59 Å². The van der Waals surface area contributed by atoms with E-state index in [-0.39, 0.29) is 24.6 Å². The van der Waals surface area contributed by atoms with E-state index >= 15 is 0 Å². The molecule has 0 bridgehead atoms. The summed E-state index contributed by atoms with van der Waals surface area (Å²) in [6.07, 6.45) is 0.194. The number of aromatic nitrogens is 1. The summed E-state index contributed by atoms with van der Waals surface area (Å²) in [6, 6.07) is 15.3. The van der Waals surface area contributed by atoms with Crippen LogP contribution in [0.3, 0.4) is 0 Å². The monoisotopic (exact) mass is 431 g/mol. The Labute approximate surface area is 175 Å². The van der Waals surface area contributed by atoms with Gasteiger partial charge < -0.3 is 15.4 Å². The number of alkyl halides is 2. The summed E-state index contributed by atoms with van der Waals surface area (Å²) in [5, 5.41) is 5.62. The quantitative estimate of drug-likeness (QED) is 0.565. The highest BCUT2D eigenvalue weighted by atomic mass is 32.1. The van der Waals surface area contributed by atoms with Gasteiger partial charge in [-0.15, -0.1) is 11.3 Å². The molecule has 0 atom stereocenters. The van der Waals surface area contributed by atoms with Gasteiger partial charge in [0.1, 0.15) is 5.75 Å². The molecule has 2 N–H and O–H groups in total. The van der Waals surface area contributed by atoms with Crippen LogP contribution < -0.4 is 15.4 Å². The van der Waals surface area contributed by atoms with E-state index in [2.05, 4.69) is 20.4 Å². The minimum atomic E-state index is -2.88. The lowest BCUT2D eigenvalue weighted by molar-refractivity contribution is -0.123. The van der Waals surface area contributed by atoms with E-state index < -0.39 is 12.5 Å². The van der Waals surface area contributed by atoms with Crippen molar-refractivity contribution in [3.05, 3.63) is 65.0 Å². The SMILES string of the molecule is Cc1sc(NC(=O)CNC(=O)Cc2ccccc2)nc1-c1ccc(OC(F)F)cc1. The van der Waals surface area contributed by atoms with E-state index in [1.165, 1.54) is 23.5 Å². The predicted octanol–water partition coefficient (Wildman–Crippen LogP) is 4.02. The van der Waals surface area contributed by atoms with Gasteiger partial charge in [-0.05, 0) is 36.8 Å². The molecule has 0 saturated carbocycles. The minimum Gasteiger partial charge on any atom is -0.435 e. The predicted molar refractivity (Wildman–Crippen MR) is 111 cm³/mol. The van der Waals surface area contributed by atoms with Crippen LogP contribution in [0.25, 0.3) is 11.3 Å². The third-order valence-electron chi connectivity index (χ3n) is 4.05. The summed E-state index contributed by atoms with van der Waals surface area (Å²) in [5.74, 6) is -0.586. The molecule has 0 saturated heterocycles. The standard InChI is InChI=1S/C21H19F2N3O3S/c1-13-19(15-7-9-16(10-8-15)29-20(22)23)26-21(30-13)25-18(28)12-24-17(27)11-14-5-3-2-4-6-14/h2-10,20H,11-12H2,1H3,(H,24,27)(H,25,26,28). The van der Waals surface area contributed by atoms with E-state index in [1.54, 1.807) is 12.1 Å². The van der Waals surface area contributed by atoms with Crippen LogP contribution in [0.15, 0.2) is 54.6 Å². The zero-order valence-corrected chi connectivity index (χ0v) is 16.8. The first kappa shape index (κ1) is 21.4. The van der Waals surface area contributed by atoms with Crippen molar-refractivity contribution in [3.63, 3.8) is 0 Å². The number of ether oxygens (including phenoxy) is 1. The van der Waals surface area contributed by atoms with Crippen LogP contribution in [-0.2, 0) is 16.0 Å². The average Bonchev–Trinajstić information content (AvgIpc) is 3.07. The molecule has 30 heavy (non-hydrogen) atoms. The molecule has 0 aliphatic heterocycles. The number of anilines is 1. The zero-order valence-electron chi connectivity index (χ0n) is 16.0. The smallest absolute Gasteiger partial charge is 0.387 e. The molecule has 3 aromatic rings. The van der Waals surface area contributed by atoms with Crippen LogP contribution in [0.2, 0.25) is 0 Å². The van der Waals surface area contributed by atoms with Gasteiger partial charge >= 0.3 is 6.61 Å². The third kappa shape index (κ3) is 6.08. The lowest BCUT2D eigenvalue weighted by atomic mass is 10.1. The third-order valence-corrected chi connectivity index (χ3v) is 4.94. The van der Waals surface area contributed by atoms with Crippen molar-refractivity contribution in [1.29, 1.82) is 0 Å². The van der Waals surface area contributed by atoms with Crippen molar-refractivity contribution < 1.29 is 23.1 Å². The molecule has 0 aliphatic carbocycles. The Balaban J connectivity index is 1.54. The van der Waals surface area contributed by atoms with Gasteiger partial charge in [-0.2, -0.15) is 8.78 Å². The van der Waals surface area contributed by atoms with Crippen molar-refractivity contribution in [2.45, 2.75) is 20.0 Å². The van der Waals surface area contributed by atoms with Crippen molar-refractivity contribution in [1.82, 2.24) is 10.3 Å². The fraction of sp³-hybridized carbons (Fsp3) is 0.190. The van der Waals surface area contributed by atoms with Crippen molar-refractivity contribution in [2.24, 2.45) is 0 Å². The second-order valence-electron chi connectivity index (χ2n) is 6.31. The number of benzene rings is 2. The van der Waals surface area contributed by atoms with E-state index in [1.807, 2.05) is 37.3 Å². The number of amides is 2. The molecule has 9 heteroatoms. The Kier molecular flexibility index (Phi) is 7.08. The van der Waals surface area contributed by atoms with Gasteiger partial charge in [-0.25, -0.2) is 4.98 Å². The molecular weight excluding hydrogens is 412 g/mol. The maximum Gasteiger partial charge on any atom is 0.387 e. The Morgan fingerprint density at radius 2 is 1.77 bits per heavy atom. The maximum atomic E-state index is 12.3. The fourth-order valence-electron chi connectivity index (χ4n) is 2.70. The summed E-state index contributed by atoms with van der Waals surface area (Å²) in [4.78, 5) is 29.3. The van der Waals surface area contributed by atoms with Crippen molar-refractivity contribution in [3.8, 4) is 17.0 Å². The highest BCUT2D eigenvalue weighted by Gasteiger charge is 2.13. The van der Waals surface area contributed by atoms with Gasteiger partial charge in [0.2, 0.25) is 11.8 Å². The molecule has 2 amide bonds. The molecule has 2 aromatic carbocycles. The van der Waals surface area contributed by atoms with Crippen LogP contribution in [0.4, 0.5) is 13.9 Å². The first-order valence-corrected chi connectivity index (χ1v) is 9.85. The summed E-state index contributed by atoms with van der Waals surface area (Å²) in [5.41, 5.74) is 2.20. The summed E-state index contributed by atoms with van der Waals surface area (Å²) < 4.78 is 28.8. The first-order valence-electron chi connectivity index (χ1n) is 9.04. The van der Waals surface area contributed by atoms with Crippen LogP contribution in [-0.4, -0.2) is 30.0 Å². The molecule has 0 radical (unpaired) electrons. The van der Waals surface area contributed by atoms with Crippen molar-refractivity contribution >= 4 is 28.3 Å². The topological polar surface area (TPSA) is 80.3 Å². The van der Waals surface area contributed by atoms with E-state index in [4.69, 9.17) is 0 Å². The molecule has 3 rings (SSSR count). The highest BCUT2D eigenvalue weighted by Crippen LogP contribution is 2.31. The highest BCUT2D eigenvalue weighted by molar-refractivity contribution is 7.16. The van der Waals surface area contributed by atoms with Gasteiger partial charge in [0.15, 0.2) is 5.13 Å². The van der Waals surface area contributed by atoms with Crippen LogP contribution in [0, 0.1) is 6.92 Å². The molecule has 156 valence electrons. The molecular formula is C21H19F2N3O3S.